The zero-order chi connectivity index (χ0) is 17.5. The largest absolute Gasteiger partial charge is 0.372 e. The average molecular weight is 401 g/mol. The van der Waals surface area contributed by atoms with E-state index in [1.54, 1.807) is 6.21 Å². The lowest BCUT2D eigenvalue weighted by Crippen LogP contribution is -2.29. The van der Waals surface area contributed by atoms with Crippen LogP contribution in [0.5, 0.6) is 0 Å². The van der Waals surface area contributed by atoms with E-state index in [4.69, 9.17) is 0 Å². The summed E-state index contributed by atoms with van der Waals surface area (Å²) in [6.07, 6.45) is 5.50. The summed E-state index contributed by atoms with van der Waals surface area (Å²) in [7, 11) is 0. The fourth-order valence-electron chi connectivity index (χ4n) is 2.78. The Bertz CT molecular complexity index is 722. The summed E-state index contributed by atoms with van der Waals surface area (Å²) in [5.41, 5.74) is 5.38. The van der Waals surface area contributed by atoms with Crippen LogP contribution in [0.15, 0.2) is 58.1 Å². The Morgan fingerprint density at radius 2 is 1.68 bits per heavy atom. The van der Waals surface area contributed by atoms with Gasteiger partial charge in [0.25, 0.3) is 0 Å². The molecule has 1 aliphatic heterocycles. The van der Waals surface area contributed by atoms with Crippen LogP contribution in [0.25, 0.3) is 0 Å². The highest BCUT2D eigenvalue weighted by Gasteiger charge is 2.10. The smallest absolute Gasteiger partial charge is 0.339 e. The number of carbonyl (C=O) groups excluding carboxylic acids is 1. The third-order valence-corrected chi connectivity index (χ3v) is 4.62. The van der Waals surface area contributed by atoms with E-state index in [1.165, 1.54) is 24.9 Å². The highest BCUT2D eigenvalue weighted by atomic mass is 79.9. The molecule has 1 heterocycles. The Hall–Kier alpha value is -2.34. The van der Waals surface area contributed by atoms with Gasteiger partial charge in [-0.3, -0.25) is 0 Å². The molecule has 2 amide bonds. The van der Waals surface area contributed by atoms with Gasteiger partial charge < -0.3 is 10.2 Å². The predicted octanol–water partition coefficient (Wildman–Crippen LogP) is 4.60. The van der Waals surface area contributed by atoms with Crippen molar-refractivity contribution >= 4 is 39.6 Å². The molecule has 0 atom stereocenters. The summed E-state index contributed by atoms with van der Waals surface area (Å²) in [4.78, 5) is 14.2. The molecule has 0 radical (unpaired) electrons. The molecule has 2 aromatic carbocycles. The van der Waals surface area contributed by atoms with E-state index in [9.17, 15) is 4.79 Å². The molecule has 5 nitrogen and oxygen atoms in total. The Kier molecular flexibility index (Phi) is 6.06. The van der Waals surface area contributed by atoms with Gasteiger partial charge in [0.05, 0.1) is 6.21 Å². The summed E-state index contributed by atoms with van der Waals surface area (Å²) < 4.78 is 0.962. The van der Waals surface area contributed by atoms with Crippen LogP contribution in [0.3, 0.4) is 0 Å². The maximum atomic E-state index is 11.8. The first-order chi connectivity index (χ1) is 12.2. The Labute approximate surface area is 156 Å². The number of urea groups is 1. The number of hydrazone groups is 1. The van der Waals surface area contributed by atoms with Crippen molar-refractivity contribution < 1.29 is 4.79 Å². The first-order valence-electron chi connectivity index (χ1n) is 8.41. The number of benzene rings is 2. The van der Waals surface area contributed by atoms with Gasteiger partial charge in [0.15, 0.2) is 0 Å². The van der Waals surface area contributed by atoms with E-state index in [-0.39, 0.29) is 6.03 Å². The molecule has 0 unspecified atom stereocenters. The third kappa shape index (κ3) is 5.32. The van der Waals surface area contributed by atoms with Crippen LogP contribution in [-0.2, 0) is 0 Å². The average Bonchev–Trinajstić information content (AvgIpc) is 2.65. The molecule has 130 valence electrons. The highest BCUT2D eigenvalue weighted by molar-refractivity contribution is 9.10. The van der Waals surface area contributed by atoms with Crippen LogP contribution >= 0.6 is 15.9 Å². The Balaban J connectivity index is 1.49. The van der Waals surface area contributed by atoms with Crippen molar-refractivity contribution in [2.75, 3.05) is 23.3 Å². The predicted molar refractivity (Wildman–Crippen MR) is 106 cm³/mol. The van der Waals surface area contributed by atoms with Crippen molar-refractivity contribution in [3.05, 3.63) is 58.6 Å². The molecule has 25 heavy (non-hydrogen) atoms. The van der Waals surface area contributed by atoms with Gasteiger partial charge in [0, 0.05) is 28.9 Å². The fraction of sp³-hybridized carbons (Fsp3) is 0.263. The van der Waals surface area contributed by atoms with Crippen LogP contribution in [-0.4, -0.2) is 25.3 Å². The maximum absolute atomic E-state index is 11.8. The zero-order valence-electron chi connectivity index (χ0n) is 13.9. The van der Waals surface area contributed by atoms with Crippen molar-refractivity contribution in [1.29, 1.82) is 0 Å². The van der Waals surface area contributed by atoms with Gasteiger partial charge in [-0.2, -0.15) is 5.10 Å². The van der Waals surface area contributed by atoms with Gasteiger partial charge in [-0.1, -0.05) is 28.1 Å². The second kappa shape index (κ2) is 8.67. The molecule has 0 aromatic heterocycles. The van der Waals surface area contributed by atoms with Gasteiger partial charge >= 0.3 is 6.03 Å². The van der Waals surface area contributed by atoms with Crippen molar-refractivity contribution in [1.82, 2.24) is 5.43 Å². The molecular weight excluding hydrogens is 380 g/mol. The van der Waals surface area contributed by atoms with Crippen molar-refractivity contribution in [3.8, 4) is 0 Å². The molecular formula is C19H21BrN4O. The molecule has 0 saturated carbocycles. The summed E-state index contributed by atoms with van der Waals surface area (Å²) in [6, 6.07) is 15.2. The van der Waals surface area contributed by atoms with Crippen molar-refractivity contribution in [3.63, 3.8) is 0 Å². The summed E-state index contributed by atoms with van der Waals surface area (Å²) in [5.74, 6) is 0. The van der Waals surface area contributed by atoms with Crippen molar-refractivity contribution in [2.45, 2.75) is 19.3 Å². The van der Waals surface area contributed by atoms with E-state index in [0.29, 0.717) is 5.69 Å². The molecule has 0 bridgehead atoms. The summed E-state index contributed by atoms with van der Waals surface area (Å²) in [6.45, 7) is 2.26. The second-order valence-electron chi connectivity index (χ2n) is 5.97. The molecule has 0 spiro atoms. The minimum Gasteiger partial charge on any atom is -0.372 e. The molecule has 1 saturated heterocycles. The molecule has 2 aromatic rings. The van der Waals surface area contributed by atoms with Crippen molar-refractivity contribution in [2.24, 2.45) is 5.10 Å². The Morgan fingerprint density at radius 3 is 2.36 bits per heavy atom. The summed E-state index contributed by atoms with van der Waals surface area (Å²) >= 11 is 3.35. The van der Waals surface area contributed by atoms with Gasteiger partial charge in [0.1, 0.15) is 0 Å². The number of hydrogen-bond acceptors (Lipinski definition) is 3. The molecule has 1 fully saturated rings. The van der Waals surface area contributed by atoms with E-state index < -0.39 is 0 Å². The molecule has 6 heteroatoms. The van der Waals surface area contributed by atoms with Crippen LogP contribution in [0.1, 0.15) is 24.8 Å². The molecule has 0 aliphatic carbocycles. The van der Waals surface area contributed by atoms with Crippen LogP contribution in [0, 0.1) is 0 Å². The number of nitrogens with one attached hydrogen (secondary N) is 2. The molecule has 2 N–H and O–H groups in total. The van der Waals surface area contributed by atoms with Crippen LogP contribution in [0.4, 0.5) is 16.2 Å². The highest BCUT2D eigenvalue weighted by Crippen LogP contribution is 2.19. The van der Waals surface area contributed by atoms with Gasteiger partial charge in [0.2, 0.25) is 0 Å². The van der Waals surface area contributed by atoms with Crippen LogP contribution < -0.4 is 15.6 Å². The van der Waals surface area contributed by atoms with E-state index >= 15 is 0 Å². The molecule has 3 rings (SSSR count). The van der Waals surface area contributed by atoms with Gasteiger partial charge in [-0.15, -0.1) is 0 Å². The number of anilines is 2. The number of amides is 2. The fourth-order valence-corrected chi connectivity index (χ4v) is 3.05. The topological polar surface area (TPSA) is 56.7 Å². The normalized spacial score (nSPS) is 14.5. The van der Waals surface area contributed by atoms with E-state index in [1.807, 2.05) is 36.4 Å². The molecule has 1 aliphatic rings. The SMILES string of the molecule is O=C(N/N=C/c1ccc(N2CCCCC2)cc1)Nc1ccc(Br)cc1. The number of halogens is 1. The van der Waals surface area contributed by atoms with Gasteiger partial charge in [-0.05, 0) is 61.2 Å². The maximum Gasteiger partial charge on any atom is 0.339 e. The first kappa shape index (κ1) is 17.5. The lowest BCUT2D eigenvalue weighted by Gasteiger charge is -2.28. The quantitative estimate of drug-likeness (QED) is 0.582. The lowest BCUT2D eigenvalue weighted by atomic mass is 10.1. The van der Waals surface area contributed by atoms with E-state index in [2.05, 4.69) is 48.8 Å². The summed E-state index contributed by atoms with van der Waals surface area (Å²) in [5, 5.41) is 6.70. The number of piperidine rings is 1. The first-order valence-corrected chi connectivity index (χ1v) is 9.21. The van der Waals surface area contributed by atoms with Crippen LogP contribution in [0.2, 0.25) is 0 Å². The number of nitrogens with zero attached hydrogens (tertiary/aromatic N) is 2. The monoisotopic (exact) mass is 400 g/mol. The second-order valence-corrected chi connectivity index (χ2v) is 6.89. The Morgan fingerprint density at radius 1 is 1.00 bits per heavy atom. The van der Waals surface area contributed by atoms with Gasteiger partial charge in [-0.25, -0.2) is 10.2 Å². The lowest BCUT2D eigenvalue weighted by molar-refractivity contribution is 0.252. The standard InChI is InChI=1S/C19H21BrN4O/c20-16-6-8-17(9-7-16)22-19(25)23-21-14-15-4-10-18(11-5-15)24-12-2-1-3-13-24/h4-11,14H,1-3,12-13H2,(H2,22,23,25)/b21-14+. The number of rotatable bonds is 4. The zero-order valence-corrected chi connectivity index (χ0v) is 15.5. The minimum atomic E-state index is -0.372. The number of hydrogen-bond donors (Lipinski definition) is 2. The third-order valence-electron chi connectivity index (χ3n) is 4.10. The van der Waals surface area contributed by atoms with E-state index in [0.717, 1.165) is 23.1 Å². The number of carbonyl (C=O) groups is 1. The minimum absolute atomic E-state index is 0.372.